The van der Waals surface area contributed by atoms with E-state index in [1.807, 2.05) is 30.3 Å². The van der Waals surface area contributed by atoms with Crippen LogP contribution in [0.1, 0.15) is 11.1 Å². The number of hydrogen-bond acceptors (Lipinski definition) is 4. The molecule has 5 nitrogen and oxygen atoms in total. The number of ether oxygens (including phenoxy) is 2. The van der Waals surface area contributed by atoms with Crippen molar-refractivity contribution in [3.63, 3.8) is 0 Å². The third kappa shape index (κ3) is 2.87. The largest absolute Gasteiger partial charge is 0.486 e. The van der Waals surface area contributed by atoms with Crippen LogP contribution < -0.4 is 20.1 Å². The summed E-state index contributed by atoms with van der Waals surface area (Å²) in [5.41, 5.74) is 3.21. The van der Waals surface area contributed by atoms with Crippen LogP contribution >= 0.6 is 0 Å². The van der Waals surface area contributed by atoms with E-state index in [0.717, 1.165) is 18.0 Å². The smallest absolute Gasteiger partial charge is 0.241 e. The van der Waals surface area contributed by atoms with E-state index in [-0.39, 0.29) is 11.9 Å². The highest BCUT2D eigenvalue weighted by Gasteiger charge is 2.24. The molecule has 0 fully saturated rings. The lowest BCUT2D eigenvalue weighted by Crippen LogP contribution is -2.44. The summed E-state index contributed by atoms with van der Waals surface area (Å²) in [6.07, 6.45) is 0.701. The van der Waals surface area contributed by atoms with Gasteiger partial charge in [0.2, 0.25) is 5.91 Å². The second kappa shape index (κ2) is 5.93. The first kappa shape index (κ1) is 14.1. The van der Waals surface area contributed by atoms with Gasteiger partial charge in [-0.15, -0.1) is 0 Å². The van der Waals surface area contributed by atoms with Gasteiger partial charge in [-0.05, 0) is 29.7 Å². The van der Waals surface area contributed by atoms with Crippen LogP contribution in [0.2, 0.25) is 0 Å². The van der Waals surface area contributed by atoms with E-state index < -0.39 is 0 Å². The van der Waals surface area contributed by atoms with Crippen molar-refractivity contribution in [1.29, 1.82) is 0 Å². The Balaban J connectivity index is 1.46. The van der Waals surface area contributed by atoms with Crippen molar-refractivity contribution < 1.29 is 14.3 Å². The summed E-state index contributed by atoms with van der Waals surface area (Å²) in [4.78, 5) is 12.5. The molecule has 0 aliphatic carbocycles. The minimum atomic E-state index is -0.224. The Labute approximate surface area is 134 Å². The molecule has 23 heavy (non-hydrogen) atoms. The second-order valence-electron chi connectivity index (χ2n) is 5.75. The molecule has 5 heteroatoms. The SMILES string of the molecule is O=C(Nc1ccc2c(c1)OCCO2)C1Cc2ccccc2CN1. The van der Waals surface area contributed by atoms with Gasteiger partial charge in [-0.25, -0.2) is 0 Å². The standard InChI is InChI=1S/C18H18N2O3/c21-18(15-9-12-3-1-2-4-13(12)11-19-15)20-14-5-6-16-17(10-14)23-8-7-22-16/h1-6,10,15,19H,7-9,11H2,(H,20,21). The van der Waals surface area contributed by atoms with Gasteiger partial charge in [-0.3, -0.25) is 4.79 Å². The molecule has 1 unspecified atom stereocenters. The van der Waals surface area contributed by atoms with E-state index in [1.165, 1.54) is 11.1 Å². The summed E-state index contributed by atoms with van der Waals surface area (Å²) in [5, 5.41) is 6.25. The molecule has 0 saturated heterocycles. The Morgan fingerprint density at radius 1 is 1.04 bits per heavy atom. The first-order valence-corrected chi connectivity index (χ1v) is 7.80. The number of carbonyl (C=O) groups excluding carboxylic acids is 1. The minimum absolute atomic E-state index is 0.0313. The van der Waals surface area contributed by atoms with Gasteiger partial charge in [0.1, 0.15) is 13.2 Å². The van der Waals surface area contributed by atoms with E-state index in [4.69, 9.17) is 9.47 Å². The Hall–Kier alpha value is -2.53. The molecule has 2 heterocycles. The van der Waals surface area contributed by atoms with Crippen LogP contribution in [-0.2, 0) is 17.8 Å². The molecule has 2 aliphatic rings. The van der Waals surface area contributed by atoms with Crippen LogP contribution in [0.15, 0.2) is 42.5 Å². The average molecular weight is 310 g/mol. The first-order chi connectivity index (χ1) is 11.3. The molecule has 1 atom stereocenters. The first-order valence-electron chi connectivity index (χ1n) is 7.80. The van der Waals surface area contributed by atoms with E-state index in [1.54, 1.807) is 0 Å². The van der Waals surface area contributed by atoms with Gasteiger partial charge in [0.15, 0.2) is 11.5 Å². The highest BCUT2D eigenvalue weighted by atomic mass is 16.6. The van der Waals surface area contributed by atoms with E-state index in [2.05, 4.69) is 22.8 Å². The molecule has 0 saturated carbocycles. The lowest BCUT2D eigenvalue weighted by atomic mass is 9.95. The Bertz CT molecular complexity index is 745. The number of amides is 1. The van der Waals surface area contributed by atoms with Gasteiger partial charge in [-0.2, -0.15) is 0 Å². The maximum absolute atomic E-state index is 12.5. The van der Waals surface area contributed by atoms with Crippen LogP contribution in [0.3, 0.4) is 0 Å². The Morgan fingerprint density at radius 2 is 1.83 bits per heavy atom. The quantitative estimate of drug-likeness (QED) is 0.892. The van der Waals surface area contributed by atoms with Gasteiger partial charge in [-0.1, -0.05) is 24.3 Å². The highest BCUT2D eigenvalue weighted by Crippen LogP contribution is 2.32. The zero-order valence-corrected chi connectivity index (χ0v) is 12.7. The van der Waals surface area contributed by atoms with Crippen LogP contribution in [0.25, 0.3) is 0 Å². The zero-order valence-electron chi connectivity index (χ0n) is 12.7. The summed E-state index contributed by atoms with van der Waals surface area (Å²) in [6, 6.07) is 13.5. The minimum Gasteiger partial charge on any atom is -0.486 e. The molecule has 2 aliphatic heterocycles. The molecule has 2 aromatic rings. The van der Waals surface area contributed by atoms with E-state index in [0.29, 0.717) is 25.4 Å². The summed E-state index contributed by atoms with van der Waals surface area (Å²) in [7, 11) is 0. The Morgan fingerprint density at radius 3 is 2.70 bits per heavy atom. The molecular formula is C18H18N2O3. The van der Waals surface area contributed by atoms with Gasteiger partial charge in [0.25, 0.3) is 0 Å². The van der Waals surface area contributed by atoms with Gasteiger partial charge >= 0.3 is 0 Å². The van der Waals surface area contributed by atoms with Crippen molar-refractivity contribution in [1.82, 2.24) is 5.32 Å². The molecule has 0 aromatic heterocycles. The zero-order chi connectivity index (χ0) is 15.6. The Kier molecular flexibility index (Phi) is 3.63. The number of carbonyl (C=O) groups is 1. The van der Waals surface area contributed by atoms with Crippen molar-refractivity contribution in [2.75, 3.05) is 18.5 Å². The van der Waals surface area contributed by atoms with Crippen molar-refractivity contribution in [2.45, 2.75) is 19.0 Å². The fourth-order valence-electron chi connectivity index (χ4n) is 2.99. The van der Waals surface area contributed by atoms with Crippen molar-refractivity contribution >= 4 is 11.6 Å². The molecule has 0 spiro atoms. The highest BCUT2D eigenvalue weighted by molar-refractivity contribution is 5.95. The van der Waals surface area contributed by atoms with E-state index >= 15 is 0 Å². The number of benzene rings is 2. The summed E-state index contributed by atoms with van der Waals surface area (Å²) >= 11 is 0. The molecule has 4 rings (SSSR count). The van der Waals surface area contributed by atoms with Crippen molar-refractivity contribution in [3.05, 3.63) is 53.6 Å². The predicted molar refractivity (Wildman–Crippen MR) is 86.8 cm³/mol. The molecule has 118 valence electrons. The number of anilines is 1. The third-order valence-corrected chi connectivity index (χ3v) is 4.21. The summed E-state index contributed by atoms with van der Waals surface area (Å²) in [5.74, 6) is 1.37. The summed E-state index contributed by atoms with van der Waals surface area (Å²) in [6.45, 7) is 1.81. The van der Waals surface area contributed by atoms with Gasteiger partial charge < -0.3 is 20.1 Å². The fraction of sp³-hybridized carbons (Fsp3) is 0.278. The van der Waals surface area contributed by atoms with Crippen molar-refractivity contribution in [3.8, 4) is 11.5 Å². The topological polar surface area (TPSA) is 59.6 Å². The average Bonchev–Trinajstić information content (AvgIpc) is 2.61. The van der Waals surface area contributed by atoms with Gasteiger partial charge in [0.05, 0.1) is 6.04 Å². The molecular weight excluding hydrogens is 292 g/mol. The van der Waals surface area contributed by atoms with Crippen molar-refractivity contribution in [2.24, 2.45) is 0 Å². The molecule has 2 aromatic carbocycles. The maximum atomic E-state index is 12.5. The number of nitrogens with one attached hydrogen (secondary N) is 2. The van der Waals surface area contributed by atoms with Crippen LogP contribution in [0, 0.1) is 0 Å². The number of fused-ring (bicyclic) bond motifs is 2. The van der Waals surface area contributed by atoms with Crippen LogP contribution in [0.5, 0.6) is 11.5 Å². The maximum Gasteiger partial charge on any atom is 0.241 e. The van der Waals surface area contributed by atoms with Crippen LogP contribution in [0.4, 0.5) is 5.69 Å². The van der Waals surface area contributed by atoms with Crippen LogP contribution in [-0.4, -0.2) is 25.2 Å². The molecule has 0 radical (unpaired) electrons. The normalized spacial score (nSPS) is 18.9. The van der Waals surface area contributed by atoms with Gasteiger partial charge in [0, 0.05) is 18.3 Å². The molecule has 1 amide bonds. The third-order valence-electron chi connectivity index (χ3n) is 4.21. The lowest BCUT2D eigenvalue weighted by Gasteiger charge is -2.25. The molecule has 2 N–H and O–H groups in total. The second-order valence-corrected chi connectivity index (χ2v) is 5.75. The lowest BCUT2D eigenvalue weighted by molar-refractivity contribution is -0.118. The molecule has 0 bridgehead atoms. The predicted octanol–water partition coefficient (Wildman–Crippen LogP) is 2.11. The fourth-order valence-corrected chi connectivity index (χ4v) is 2.99. The monoisotopic (exact) mass is 310 g/mol. The number of rotatable bonds is 2. The summed E-state index contributed by atoms with van der Waals surface area (Å²) < 4.78 is 11.0. The van der Waals surface area contributed by atoms with E-state index in [9.17, 15) is 4.79 Å². The number of hydrogen-bond donors (Lipinski definition) is 2.